The van der Waals surface area contributed by atoms with Crippen LogP contribution < -0.4 is 5.32 Å². The maximum atomic E-state index is 3.41. The molecule has 0 aliphatic heterocycles. The van der Waals surface area contributed by atoms with Gasteiger partial charge in [0.05, 0.1) is 0 Å². The van der Waals surface area contributed by atoms with Crippen molar-refractivity contribution in [2.24, 2.45) is 5.41 Å². The maximum Gasteiger partial charge on any atom is 0.0127 e. The molecular weight excluding hydrogens is 194 g/mol. The summed E-state index contributed by atoms with van der Waals surface area (Å²) >= 11 is 0. The van der Waals surface area contributed by atoms with Crippen LogP contribution in [0.25, 0.3) is 0 Å². The van der Waals surface area contributed by atoms with Crippen LogP contribution in [-0.4, -0.2) is 13.1 Å². The standard InChI is InChI=1S/C15H23N/c1-5-11-6-8-12(9-7-11)13-10-14(16-4)15(13,2)3/h6-9,13-14,16H,5,10H2,1-4H3. The summed E-state index contributed by atoms with van der Waals surface area (Å²) in [5, 5.41) is 3.41. The quantitative estimate of drug-likeness (QED) is 0.818. The molecule has 0 heterocycles. The Hall–Kier alpha value is -0.820. The van der Waals surface area contributed by atoms with Crippen molar-refractivity contribution in [2.45, 2.75) is 45.6 Å². The summed E-state index contributed by atoms with van der Waals surface area (Å²) in [5.74, 6) is 0.718. The van der Waals surface area contributed by atoms with Gasteiger partial charge in [0, 0.05) is 6.04 Å². The van der Waals surface area contributed by atoms with E-state index in [4.69, 9.17) is 0 Å². The molecule has 1 aromatic rings. The molecule has 1 aliphatic carbocycles. The van der Waals surface area contributed by atoms with Gasteiger partial charge in [-0.25, -0.2) is 0 Å². The highest BCUT2D eigenvalue weighted by Gasteiger charge is 2.47. The van der Waals surface area contributed by atoms with Crippen molar-refractivity contribution in [1.82, 2.24) is 5.32 Å². The minimum Gasteiger partial charge on any atom is -0.316 e. The lowest BCUT2D eigenvalue weighted by Gasteiger charge is -2.52. The van der Waals surface area contributed by atoms with Crippen LogP contribution in [0.2, 0.25) is 0 Å². The van der Waals surface area contributed by atoms with Gasteiger partial charge in [-0.05, 0) is 42.3 Å². The smallest absolute Gasteiger partial charge is 0.0127 e. The highest BCUT2D eigenvalue weighted by Crippen LogP contribution is 2.52. The van der Waals surface area contributed by atoms with Gasteiger partial charge in [-0.2, -0.15) is 0 Å². The molecule has 1 nitrogen and oxygen atoms in total. The van der Waals surface area contributed by atoms with Crippen LogP contribution in [0.4, 0.5) is 0 Å². The van der Waals surface area contributed by atoms with Gasteiger partial charge in [-0.1, -0.05) is 45.0 Å². The Kier molecular flexibility index (Phi) is 3.07. The van der Waals surface area contributed by atoms with Crippen molar-refractivity contribution in [3.05, 3.63) is 35.4 Å². The second-order valence-electron chi connectivity index (χ2n) is 5.55. The first kappa shape index (κ1) is 11.7. The third-order valence-electron chi connectivity index (χ3n) is 4.41. The van der Waals surface area contributed by atoms with Crippen molar-refractivity contribution in [3.8, 4) is 0 Å². The first-order valence-corrected chi connectivity index (χ1v) is 6.35. The van der Waals surface area contributed by atoms with Gasteiger partial charge in [0.25, 0.3) is 0 Å². The van der Waals surface area contributed by atoms with Crippen molar-refractivity contribution >= 4 is 0 Å². The van der Waals surface area contributed by atoms with Crippen LogP contribution in [0, 0.1) is 5.41 Å². The predicted molar refractivity (Wildman–Crippen MR) is 69.8 cm³/mol. The molecule has 1 aliphatic rings. The number of hydrogen-bond acceptors (Lipinski definition) is 1. The van der Waals surface area contributed by atoms with Gasteiger partial charge in [0.2, 0.25) is 0 Å². The molecule has 2 atom stereocenters. The monoisotopic (exact) mass is 217 g/mol. The van der Waals surface area contributed by atoms with E-state index in [1.54, 1.807) is 0 Å². The maximum absolute atomic E-state index is 3.41. The minimum absolute atomic E-state index is 0.391. The zero-order valence-electron chi connectivity index (χ0n) is 10.9. The normalized spacial score (nSPS) is 27.5. The molecule has 1 heteroatoms. The number of hydrogen-bond donors (Lipinski definition) is 1. The molecule has 1 aromatic carbocycles. The lowest BCUT2D eigenvalue weighted by atomic mass is 9.56. The zero-order chi connectivity index (χ0) is 11.8. The second-order valence-corrected chi connectivity index (χ2v) is 5.55. The van der Waals surface area contributed by atoms with Crippen molar-refractivity contribution < 1.29 is 0 Å². The van der Waals surface area contributed by atoms with E-state index in [1.165, 1.54) is 17.5 Å². The van der Waals surface area contributed by atoms with Gasteiger partial charge in [0.1, 0.15) is 0 Å². The van der Waals surface area contributed by atoms with E-state index in [2.05, 4.69) is 57.4 Å². The predicted octanol–water partition coefficient (Wildman–Crippen LogP) is 3.35. The summed E-state index contributed by atoms with van der Waals surface area (Å²) < 4.78 is 0. The molecule has 0 aromatic heterocycles. The van der Waals surface area contributed by atoms with E-state index >= 15 is 0 Å². The molecule has 2 unspecified atom stereocenters. The first-order valence-electron chi connectivity index (χ1n) is 6.35. The van der Waals surface area contributed by atoms with Gasteiger partial charge >= 0.3 is 0 Å². The minimum atomic E-state index is 0.391. The molecule has 1 saturated carbocycles. The summed E-state index contributed by atoms with van der Waals surface area (Å²) in [4.78, 5) is 0. The molecule has 16 heavy (non-hydrogen) atoms. The summed E-state index contributed by atoms with van der Waals surface area (Å²) in [5.41, 5.74) is 3.34. The molecule has 0 spiro atoms. The number of nitrogens with one attached hydrogen (secondary N) is 1. The van der Waals surface area contributed by atoms with Crippen LogP contribution in [0.5, 0.6) is 0 Å². The Labute approximate surface area is 99.3 Å². The molecule has 88 valence electrons. The van der Waals surface area contributed by atoms with Gasteiger partial charge < -0.3 is 5.32 Å². The molecule has 1 N–H and O–H groups in total. The van der Waals surface area contributed by atoms with Crippen LogP contribution in [0.1, 0.15) is 44.2 Å². The fourth-order valence-electron chi connectivity index (χ4n) is 2.97. The highest BCUT2D eigenvalue weighted by atomic mass is 14.9. The largest absolute Gasteiger partial charge is 0.316 e. The lowest BCUT2D eigenvalue weighted by molar-refractivity contribution is 0.0751. The fraction of sp³-hybridized carbons (Fsp3) is 0.600. The third kappa shape index (κ3) is 1.78. The average Bonchev–Trinajstić information content (AvgIpc) is 2.29. The van der Waals surface area contributed by atoms with Crippen molar-refractivity contribution in [2.75, 3.05) is 7.05 Å². The van der Waals surface area contributed by atoms with Crippen molar-refractivity contribution in [1.29, 1.82) is 0 Å². The Bertz CT molecular complexity index is 350. The van der Waals surface area contributed by atoms with E-state index in [0.29, 0.717) is 11.5 Å². The van der Waals surface area contributed by atoms with Gasteiger partial charge in [-0.15, -0.1) is 0 Å². The highest BCUT2D eigenvalue weighted by molar-refractivity contribution is 5.30. The average molecular weight is 217 g/mol. The first-order chi connectivity index (χ1) is 7.59. The van der Waals surface area contributed by atoms with Crippen LogP contribution in [0.15, 0.2) is 24.3 Å². The summed E-state index contributed by atoms with van der Waals surface area (Å²) in [6.07, 6.45) is 2.41. The van der Waals surface area contributed by atoms with Crippen LogP contribution in [-0.2, 0) is 6.42 Å². The molecule has 0 bridgehead atoms. The van der Waals surface area contributed by atoms with E-state index < -0.39 is 0 Å². The molecule has 0 radical (unpaired) electrons. The lowest BCUT2D eigenvalue weighted by Crippen LogP contribution is -2.54. The van der Waals surface area contributed by atoms with Crippen molar-refractivity contribution in [3.63, 3.8) is 0 Å². The number of benzene rings is 1. The van der Waals surface area contributed by atoms with Gasteiger partial charge in [0.15, 0.2) is 0 Å². The summed E-state index contributed by atoms with van der Waals surface area (Å²) in [6, 6.07) is 9.85. The van der Waals surface area contributed by atoms with Crippen LogP contribution >= 0.6 is 0 Å². The number of aryl methyl sites for hydroxylation is 1. The molecule has 0 saturated heterocycles. The number of rotatable bonds is 3. The van der Waals surface area contributed by atoms with E-state index in [1.807, 2.05) is 0 Å². The second kappa shape index (κ2) is 4.21. The molecule has 1 fully saturated rings. The van der Waals surface area contributed by atoms with Gasteiger partial charge in [-0.3, -0.25) is 0 Å². The van der Waals surface area contributed by atoms with E-state index in [-0.39, 0.29) is 0 Å². The van der Waals surface area contributed by atoms with E-state index in [9.17, 15) is 0 Å². The zero-order valence-corrected chi connectivity index (χ0v) is 10.9. The topological polar surface area (TPSA) is 12.0 Å². The van der Waals surface area contributed by atoms with E-state index in [0.717, 1.165) is 12.3 Å². The Morgan fingerprint density at radius 3 is 2.31 bits per heavy atom. The molecule has 0 amide bonds. The summed E-state index contributed by atoms with van der Waals surface area (Å²) in [6.45, 7) is 6.95. The molecule has 2 rings (SSSR count). The fourth-order valence-corrected chi connectivity index (χ4v) is 2.97. The Morgan fingerprint density at radius 2 is 1.88 bits per heavy atom. The third-order valence-corrected chi connectivity index (χ3v) is 4.41. The Morgan fingerprint density at radius 1 is 1.25 bits per heavy atom. The van der Waals surface area contributed by atoms with Crippen LogP contribution in [0.3, 0.4) is 0 Å². The Balaban J connectivity index is 2.14. The SMILES string of the molecule is CCc1ccc(C2CC(NC)C2(C)C)cc1. The summed E-state index contributed by atoms with van der Waals surface area (Å²) in [7, 11) is 2.07. The molecular formula is C15H23N.